The van der Waals surface area contributed by atoms with E-state index >= 15 is 0 Å². The zero-order valence-electron chi connectivity index (χ0n) is 14.6. The summed E-state index contributed by atoms with van der Waals surface area (Å²) in [4.78, 5) is 23.0. The van der Waals surface area contributed by atoms with Crippen LogP contribution in [0.25, 0.3) is 0 Å². The van der Waals surface area contributed by atoms with Crippen molar-refractivity contribution in [2.24, 2.45) is 5.92 Å². The van der Waals surface area contributed by atoms with E-state index in [-0.39, 0.29) is 23.5 Å². The number of nitrogens with zero attached hydrogens (tertiary/aromatic N) is 3. The average molecular weight is 347 g/mol. The first-order valence-electron chi connectivity index (χ1n) is 9.10. The third kappa shape index (κ3) is 3.62. The lowest BCUT2D eigenvalue weighted by Gasteiger charge is -2.53. The van der Waals surface area contributed by atoms with Crippen LogP contribution in [0, 0.1) is 12.8 Å². The van der Waals surface area contributed by atoms with E-state index in [4.69, 9.17) is 14.2 Å². The van der Waals surface area contributed by atoms with Gasteiger partial charge in [-0.3, -0.25) is 4.79 Å². The lowest BCUT2D eigenvalue weighted by Crippen LogP contribution is -2.68. The van der Waals surface area contributed by atoms with E-state index in [1.807, 2.05) is 17.9 Å². The second kappa shape index (κ2) is 6.88. The molecule has 3 saturated heterocycles. The van der Waals surface area contributed by atoms with Crippen LogP contribution in [0.4, 0.5) is 0 Å². The first-order valence-corrected chi connectivity index (χ1v) is 9.10. The highest BCUT2D eigenvalue weighted by atomic mass is 16.5. The van der Waals surface area contributed by atoms with Gasteiger partial charge in [-0.1, -0.05) is 0 Å². The van der Waals surface area contributed by atoms with E-state index in [1.54, 1.807) is 6.20 Å². The van der Waals surface area contributed by atoms with Crippen LogP contribution in [0.2, 0.25) is 0 Å². The predicted molar refractivity (Wildman–Crippen MR) is 89.2 cm³/mol. The monoisotopic (exact) mass is 347 g/mol. The fourth-order valence-corrected chi connectivity index (χ4v) is 3.94. The molecule has 7 heteroatoms. The summed E-state index contributed by atoms with van der Waals surface area (Å²) in [6.45, 7) is 5.29. The lowest BCUT2D eigenvalue weighted by molar-refractivity contribution is -0.197. The summed E-state index contributed by atoms with van der Waals surface area (Å²) in [5.41, 5.74) is 0.636. The van der Waals surface area contributed by atoms with Gasteiger partial charge in [0.2, 0.25) is 5.91 Å². The molecule has 0 radical (unpaired) electrons. The van der Waals surface area contributed by atoms with Gasteiger partial charge in [-0.25, -0.2) is 9.97 Å². The van der Waals surface area contributed by atoms with Gasteiger partial charge in [-0.15, -0.1) is 0 Å². The van der Waals surface area contributed by atoms with Gasteiger partial charge >= 0.3 is 6.01 Å². The third-order valence-corrected chi connectivity index (χ3v) is 5.33. The topological polar surface area (TPSA) is 73.8 Å². The maximum atomic E-state index is 12.6. The summed E-state index contributed by atoms with van der Waals surface area (Å²) in [6, 6.07) is 2.28. The maximum absolute atomic E-state index is 12.6. The first-order chi connectivity index (χ1) is 12.1. The summed E-state index contributed by atoms with van der Waals surface area (Å²) in [6.07, 6.45) is 5.02. The molecule has 4 rings (SSSR count). The Morgan fingerprint density at radius 2 is 2.08 bits per heavy atom. The molecule has 1 aromatic rings. The van der Waals surface area contributed by atoms with Crippen molar-refractivity contribution in [3.8, 4) is 6.01 Å². The summed E-state index contributed by atoms with van der Waals surface area (Å²) in [5, 5.41) is 0. The molecular weight excluding hydrogens is 322 g/mol. The Bertz CT molecular complexity index is 627. The van der Waals surface area contributed by atoms with Crippen LogP contribution >= 0.6 is 0 Å². The van der Waals surface area contributed by atoms with E-state index in [1.165, 1.54) is 0 Å². The van der Waals surface area contributed by atoms with Gasteiger partial charge in [0.25, 0.3) is 0 Å². The first kappa shape index (κ1) is 16.7. The molecule has 4 heterocycles. The second-order valence-corrected chi connectivity index (χ2v) is 7.33. The Morgan fingerprint density at radius 3 is 2.84 bits per heavy atom. The Hall–Kier alpha value is -1.73. The largest absolute Gasteiger partial charge is 0.460 e. The number of carbonyl (C=O) groups excluding carboxylic acids is 1. The van der Waals surface area contributed by atoms with Crippen molar-refractivity contribution >= 4 is 5.91 Å². The number of aryl methyl sites for hydroxylation is 1. The quantitative estimate of drug-likeness (QED) is 0.822. The molecule has 1 aromatic heterocycles. The third-order valence-electron chi connectivity index (χ3n) is 5.33. The van der Waals surface area contributed by atoms with Gasteiger partial charge in [0, 0.05) is 43.9 Å². The molecule has 7 nitrogen and oxygen atoms in total. The summed E-state index contributed by atoms with van der Waals surface area (Å²) in [7, 11) is 0. The van der Waals surface area contributed by atoms with Crippen LogP contribution in [0.3, 0.4) is 0 Å². The minimum absolute atomic E-state index is 0.0379. The molecule has 3 fully saturated rings. The molecule has 1 spiro atoms. The maximum Gasteiger partial charge on any atom is 0.316 e. The number of aromatic nitrogens is 2. The molecule has 0 aromatic carbocycles. The molecule has 3 aliphatic heterocycles. The van der Waals surface area contributed by atoms with Crippen molar-refractivity contribution in [1.29, 1.82) is 0 Å². The van der Waals surface area contributed by atoms with Crippen LogP contribution in [0.5, 0.6) is 6.01 Å². The van der Waals surface area contributed by atoms with Crippen LogP contribution in [0.15, 0.2) is 12.3 Å². The highest BCUT2D eigenvalue weighted by Crippen LogP contribution is 2.36. The van der Waals surface area contributed by atoms with Crippen molar-refractivity contribution in [1.82, 2.24) is 14.9 Å². The number of hydrogen-bond donors (Lipinski definition) is 0. The summed E-state index contributed by atoms with van der Waals surface area (Å²) < 4.78 is 17.3. The Kier molecular flexibility index (Phi) is 4.60. The van der Waals surface area contributed by atoms with Crippen molar-refractivity contribution in [3.05, 3.63) is 18.0 Å². The van der Waals surface area contributed by atoms with E-state index in [2.05, 4.69) is 9.97 Å². The molecule has 0 saturated carbocycles. The Labute approximate surface area is 147 Å². The second-order valence-electron chi connectivity index (χ2n) is 7.33. The zero-order valence-corrected chi connectivity index (χ0v) is 14.6. The molecular formula is C18H25N3O4. The highest BCUT2D eigenvalue weighted by molar-refractivity contribution is 5.80. The molecule has 1 amide bonds. The number of ether oxygens (including phenoxy) is 3. The standard InChI is InChI=1S/C18H25N3O4/c1-13-2-6-19-17(20-13)25-15-5-9-24-18(10-15)11-21(12-18)16(22)14-3-7-23-8-4-14/h2,6,14-15H,3-5,7-12H2,1H3/t15-/m1/s1. The molecule has 0 unspecified atom stereocenters. The van der Waals surface area contributed by atoms with Gasteiger partial charge in [-0.05, 0) is 25.8 Å². The van der Waals surface area contributed by atoms with E-state index in [0.717, 1.165) is 31.4 Å². The molecule has 1 atom stereocenters. The van der Waals surface area contributed by atoms with Crippen LogP contribution < -0.4 is 4.74 Å². The smallest absolute Gasteiger partial charge is 0.316 e. The molecule has 0 bridgehead atoms. The molecule has 136 valence electrons. The van der Waals surface area contributed by atoms with Gasteiger partial charge in [0.05, 0.1) is 19.7 Å². The van der Waals surface area contributed by atoms with E-state index in [9.17, 15) is 4.79 Å². The van der Waals surface area contributed by atoms with Crippen LogP contribution in [-0.4, -0.2) is 65.4 Å². The van der Waals surface area contributed by atoms with Crippen LogP contribution in [0.1, 0.15) is 31.4 Å². The molecule has 0 N–H and O–H groups in total. The van der Waals surface area contributed by atoms with Gasteiger partial charge in [0.1, 0.15) is 11.7 Å². The fraction of sp³-hybridized carbons (Fsp3) is 0.722. The molecule has 0 aliphatic carbocycles. The lowest BCUT2D eigenvalue weighted by atomic mass is 9.83. The fourth-order valence-electron chi connectivity index (χ4n) is 3.94. The Morgan fingerprint density at radius 1 is 1.28 bits per heavy atom. The predicted octanol–water partition coefficient (Wildman–Crippen LogP) is 1.35. The highest BCUT2D eigenvalue weighted by Gasteiger charge is 2.50. The number of amides is 1. The van der Waals surface area contributed by atoms with Crippen molar-refractivity contribution in [2.75, 3.05) is 32.9 Å². The normalized spacial score (nSPS) is 26.3. The van der Waals surface area contributed by atoms with Crippen molar-refractivity contribution < 1.29 is 19.0 Å². The Balaban J connectivity index is 1.32. The van der Waals surface area contributed by atoms with E-state index < -0.39 is 0 Å². The molecule has 25 heavy (non-hydrogen) atoms. The number of rotatable bonds is 3. The van der Waals surface area contributed by atoms with Gasteiger partial charge < -0.3 is 19.1 Å². The zero-order chi connectivity index (χ0) is 17.3. The summed E-state index contributed by atoms with van der Waals surface area (Å²) >= 11 is 0. The minimum Gasteiger partial charge on any atom is -0.460 e. The van der Waals surface area contributed by atoms with E-state index in [0.29, 0.717) is 38.9 Å². The number of hydrogen-bond acceptors (Lipinski definition) is 6. The number of carbonyl (C=O) groups is 1. The molecule has 3 aliphatic rings. The van der Waals surface area contributed by atoms with Gasteiger partial charge in [0.15, 0.2) is 0 Å². The number of likely N-dealkylation sites (tertiary alicyclic amines) is 1. The van der Waals surface area contributed by atoms with Crippen LogP contribution in [-0.2, 0) is 14.3 Å². The minimum atomic E-state index is -0.256. The average Bonchev–Trinajstić information content (AvgIpc) is 2.60. The van der Waals surface area contributed by atoms with Crippen molar-refractivity contribution in [3.63, 3.8) is 0 Å². The SMILES string of the molecule is Cc1ccnc(O[C@@H]2CCOC3(C2)CN(C(=O)C2CCOCC2)C3)n1. The van der Waals surface area contributed by atoms with Crippen molar-refractivity contribution in [2.45, 2.75) is 44.3 Å². The van der Waals surface area contributed by atoms with Gasteiger partial charge in [-0.2, -0.15) is 0 Å². The summed E-state index contributed by atoms with van der Waals surface area (Å²) in [5.74, 6) is 0.366.